The Balaban J connectivity index is 1.63. The van der Waals surface area contributed by atoms with Crippen LogP contribution >= 0.6 is 0 Å². The second kappa shape index (κ2) is 13.1. The van der Waals surface area contributed by atoms with Crippen LogP contribution in [0.15, 0.2) is 47.4 Å². The molecule has 0 aliphatic heterocycles. The van der Waals surface area contributed by atoms with Crippen molar-refractivity contribution in [2.75, 3.05) is 0 Å². The van der Waals surface area contributed by atoms with Gasteiger partial charge in [-0.2, -0.15) is 0 Å². The molecule has 1 amide bonds. The van der Waals surface area contributed by atoms with Crippen LogP contribution < -0.4 is 20.3 Å². The molecule has 0 saturated heterocycles. The molecule has 1 aliphatic carbocycles. The van der Waals surface area contributed by atoms with E-state index in [0.29, 0.717) is 64.3 Å². The predicted octanol–water partition coefficient (Wildman–Crippen LogP) is 6.19. The molecular weight excluding hydrogens is 563 g/mol. The summed E-state index contributed by atoms with van der Waals surface area (Å²) in [6.07, 6.45) is 5.01. The standard InChI is InChI=1S/C35H45FN2O6/c1-21-16-24(36)17-22(2)33(21)44-29-13-8-23(35(5,6)42)18-27(29)28-20-38(7)32(40)19-30(28)43-26-11-9-25(10-12-26)37-31(39)14-15-34(3,4)41/h8,13,16-20,25-26,41-42H,9-12,14-15H2,1-7H3,(H,37,39)/t25-,26-. The van der Waals surface area contributed by atoms with E-state index >= 15 is 0 Å². The molecule has 1 aliphatic rings. The highest BCUT2D eigenvalue weighted by Crippen LogP contribution is 2.42. The second-order valence-corrected chi connectivity index (χ2v) is 13.2. The topological polar surface area (TPSA) is 110 Å². The smallest absolute Gasteiger partial charge is 0.254 e. The van der Waals surface area contributed by atoms with E-state index in [9.17, 15) is 24.2 Å². The Hall–Kier alpha value is -3.69. The summed E-state index contributed by atoms with van der Waals surface area (Å²) in [6.45, 7) is 10.3. The maximum absolute atomic E-state index is 14.0. The maximum atomic E-state index is 14.0. The van der Waals surface area contributed by atoms with Gasteiger partial charge in [0.2, 0.25) is 5.91 Å². The molecule has 4 rings (SSSR count). The second-order valence-electron chi connectivity index (χ2n) is 13.2. The molecule has 1 heterocycles. The van der Waals surface area contributed by atoms with Gasteiger partial charge in [-0.05, 0) is 115 Å². The predicted molar refractivity (Wildman–Crippen MR) is 169 cm³/mol. The third-order valence-electron chi connectivity index (χ3n) is 8.10. The van der Waals surface area contributed by atoms with Gasteiger partial charge < -0.3 is 29.6 Å². The Bertz CT molecular complexity index is 1540. The molecular formula is C35H45FN2O6. The van der Waals surface area contributed by atoms with E-state index in [0.717, 1.165) is 12.8 Å². The molecule has 9 heteroatoms. The largest absolute Gasteiger partial charge is 0.490 e. The van der Waals surface area contributed by atoms with Gasteiger partial charge in [0.1, 0.15) is 23.1 Å². The molecule has 3 N–H and O–H groups in total. The van der Waals surface area contributed by atoms with Gasteiger partial charge in [0.15, 0.2) is 0 Å². The van der Waals surface area contributed by atoms with Crippen LogP contribution in [0, 0.1) is 19.7 Å². The van der Waals surface area contributed by atoms with Gasteiger partial charge in [0, 0.05) is 42.9 Å². The number of aromatic nitrogens is 1. The first-order chi connectivity index (χ1) is 20.5. The Morgan fingerprint density at radius 3 is 2.20 bits per heavy atom. The number of ether oxygens (including phenoxy) is 2. The van der Waals surface area contributed by atoms with Crippen molar-refractivity contribution >= 4 is 5.91 Å². The first-order valence-corrected chi connectivity index (χ1v) is 15.2. The molecule has 0 atom stereocenters. The first kappa shape index (κ1) is 33.2. The lowest BCUT2D eigenvalue weighted by Crippen LogP contribution is -2.40. The molecule has 44 heavy (non-hydrogen) atoms. The maximum Gasteiger partial charge on any atom is 0.254 e. The van der Waals surface area contributed by atoms with E-state index in [4.69, 9.17) is 9.47 Å². The minimum Gasteiger partial charge on any atom is -0.490 e. The normalized spacial score (nSPS) is 17.3. The molecule has 2 aromatic carbocycles. The molecule has 1 aromatic heterocycles. The van der Waals surface area contributed by atoms with Crippen LogP contribution in [0.4, 0.5) is 4.39 Å². The number of aliphatic hydroxyl groups is 2. The number of halogens is 1. The number of rotatable bonds is 10. The summed E-state index contributed by atoms with van der Waals surface area (Å²) in [5, 5.41) is 23.8. The minimum absolute atomic E-state index is 0.0259. The van der Waals surface area contributed by atoms with Crippen molar-refractivity contribution in [2.24, 2.45) is 7.05 Å². The number of nitrogens with zero attached hydrogens (tertiary/aromatic N) is 1. The summed E-state index contributed by atoms with van der Waals surface area (Å²) in [4.78, 5) is 25.2. The molecule has 238 valence electrons. The zero-order valence-corrected chi connectivity index (χ0v) is 26.8. The number of aryl methyl sites for hydroxylation is 3. The fourth-order valence-corrected chi connectivity index (χ4v) is 5.51. The van der Waals surface area contributed by atoms with Crippen molar-refractivity contribution in [3.63, 3.8) is 0 Å². The van der Waals surface area contributed by atoms with E-state index in [1.54, 1.807) is 66.9 Å². The van der Waals surface area contributed by atoms with Crippen molar-refractivity contribution in [2.45, 2.75) is 103 Å². The van der Waals surface area contributed by atoms with Crippen molar-refractivity contribution in [1.82, 2.24) is 9.88 Å². The Kier molecular flexibility index (Phi) is 9.90. The van der Waals surface area contributed by atoms with E-state index in [1.807, 2.05) is 6.07 Å². The van der Waals surface area contributed by atoms with Gasteiger partial charge in [-0.1, -0.05) is 6.07 Å². The van der Waals surface area contributed by atoms with Crippen LogP contribution in [0.2, 0.25) is 0 Å². The SMILES string of the molecule is Cc1cc(F)cc(C)c1Oc1ccc(C(C)(C)O)cc1-c1cn(C)c(=O)cc1O[C@H]1CC[C@H](NC(=O)CCC(C)(C)O)CC1. The van der Waals surface area contributed by atoms with E-state index in [2.05, 4.69) is 5.32 Å². The fraction of sp³-hybridized carbons (Fsp3) is 0.486. The summed E-state index contributed by atoms with van der Waals surface area (Å²) >= 11 is 0. The van der Waals surface area contributed by atoms with Crippen LogP contribution in [0.3, 0.4) is 0 Å². The minimum atomic E-state index is -1.15. The average molecular weight is 609 g/mol. The van der Waals surface area contributed by atoms with Gasteiger partial charge in [-0.3, -0.25) is 9.59 Å². The van der Waals surface area contributed by atoms with E-state index < -0.39 is 11.2 Å². The van der Waals surface area contributed by atoms with Crippen molar-refractivity contribution in [1.29, 1.82) is 0 Å². The lowest BCUT2D eigenvalue weighted by atomic mass is 9.92. The number of amides is 1. The quantitative estimate of drug-likeness (QED) is 0.253. The molecule has 0 radical (unpaired) electrons. The molecule has 0 spiro atoms. The molecule has 8 nitrogen and oxygen atoms in total. The summed E-state index contributed by atoms with van der Waals surface area (Å²) in [7, 11) is 1.66. The number of hydrogen-bond acceptors (Lipinski definition) is 6. The summed E-state index contributed by atoms with van der Waals surface area (Å²) < 4.78 is 28.4. The zero-order chi connectivity index (χ0) is 32.4. The molecule has 1 saturated carbocycles. The number of carbonyl (C=O) groups is 1. The third-order valence-corrected chi connectivity index (χ3v) is 8.10. The van der Waals surface area contributed by atoms with E-state index in [1.165, 1.54) is 22.8 Å². The summed E-state index contributed by atoms with van der Waals surface area (Å²) in [5.41, 5.74) is 0.893. The van der Waals surface area contributed by atoms with Crippen LogP contribution in [-0.4, -0.2) is 38.4 Å². The third kappa shape index (κ3) is 8.48. The molecule has 0 bridgehead atoms. The van der Waals surface area contributed by atoms with Gasteiger partial charge in [0.05, 0.1) is 17.3 Å². The number of nitrogens with one attached hydrogen (secondary N) is 1. The van der Waals surface area contributed by atoms with Gasteiger partial charge in [-0.15, -0.1) is 0 Å². The summed E-state index contributed by atoms with van der Waals surface area (Å²) in [5.74, 6) is 0.977. The highest BCUT2D eigenvalue weighted by Gasteiger charge is 2.27. The van der Waals surface area contributed by atoms with E-state index in [-0.39, 0.29) is 35.9 Å². The number of benzene rings is 2. The lowest BCUT2D eigenvalue weighted by molar-refractivity contribution is -0.123. The van der Waals surface area contributed by atoms with Crippen LogP contribution in [0.1, 0.15) is 82.9 Å². The average Bonchev–Trinajstić information content (AvgIpc) is 2.91. The first-order valence-electron chi connectivity index (χ1n) is 15.2. The molecule has 1 fully saturated rings. The Morgan fingerprint density at radius 1 is 0.977 bits per heavy atom. The highest BCUT2D eigenvalue weighted by atomic mass is 19.1. The summed E-state index contributed by atoms with van der Waals surface area (Å²) in [6, 6.07) is 9.71. The molecule has 3 aromatic rings. The van der Waals surface area contributed by atoms with Crippen LogP contribution in [-0.2, 0) is 17.4 Å². The number of pyridine rings is 1. The zero-order valence-electron chi connectivity index (χ0n) is 26.8. The monoisotopic (exact) mass is 608 g/mol. The highest BCUT2D eigenvalue weighted by molar-refractivity contribution is 5.77. The molecule has 0 unspecified atom stereocenters. The van der Waals surface area contributed by atoms with Crippen LogP contribution in [0.5, 0.6) is 17.2 Å². The van der Waals surface area contributed by atoms with Crippen molar-refractivity contribution < 1.29 is 28.9 Å². The number of carbonyl (C=O) groups excluding carboxylic acids is 1. The number of hydrogen-bond donors (Lipinski definition) is 3. The Labute approximate surface area is 258 Å². The lowest BCUT2D eigenvalue weighted by Gasteiger charge is -2.30. The Morgan fingerprint density at radius 2 is 1.61 bits per heavy atom. The van der Waals surface area contributed by atoms with Crippen LogP contribution in [0.25, 0.3) is 11.1 Å². The van der Waals surface area contributed by atoms with Gasteiger partial charge in [0.25, 0.3) is 5.56 Å². The fourth-order valence-electron chi connectivity index (χ4n) is 5.51. The van der Waals surface area contributed by atoms with Gasteiger partial charge >= 0.3 is 0 Å². The van der Waals surface area contributed by atoms with Crippen molar-refractivity contribution in [3.05, 3.63) is 75.5 Å². The van der Waals surface area contributed by atoms with Gasteiger partial charge in [-0.25, -0.2) is 4.39 Å². The van der Waals surface area contributed by atoms with Crippen molar-refractivity contribution in [3.8, 4) is 28.4 Å².